The Bertz CT molecular complexity index is 619. The fourth-order valence-corrected chi connectivity index (χ4v) is 3.16. The molecule has 0 aliphatic carbocycles. The first kappa shape index (κ1) is 15.8. The molecule has 0 aliphatic rings. The lowest BCUT2D eigenvalue weighted by Crippen LogP contribution is -2.02. The van der Waals surface area contributed by atoms with Crippen molar-refractivity contribution in [2.45, 2.75) is 11.8 Å². The predicted molar refractivity (Wildman–Crippen MR) is 87.5 cm³/mol. The molecule has 0 N–H and O–H groups in total. The van der Waals surface area contributed by atoms with Crippen LogP contribution in [0.3, 0.4) is 0 Å². The SMILES string of the molecule is CCOc1ccc(Br)cc1C(Br)c1cccc(Cl)c1F. The number of hydrogen-bond donors (Lipinski definition) is 0. The van der Waals surface area contributed by atoms with Gasteiger partial charge in [0.05, 0.1) is 16.5 Å². The van der Waals surface area contributed by atoms with Crippen LogP contribution in [0, 0.1) is 5.82 Å². The first-order chi connectivity index (χ1) is 9.54. The van der Waals surface area contributed by atoms with Crippen LogP contribution in [0.15, 0.2) is 40.9 Å². The van der Waals surface area contributed by atoms with Gasteiger partial charge < -0.3 is 4.74 Å². The molecule has 1 unspecified atom stereocenters. The van der Waals surface area contributed by atoms with Gasteiger partial charge in [0.15, 0.2) is 0 Å². The summed E-state index contributed by atoms with van der Waals surface area (Å²) in [7, 11) is 0. The summed E-state index contributed by atoms with van der Waals surface area (Å²) in [5.41, 5.74) is 1.33. The molecule has 5 heteroatoms. The first-order valence-electron chi connectivity index (χ1n) is 6.04. The fourth-order valence-electron chi connectivity index (χ4n) is 1.89. The van der Waals surface area contributed by atoms with Crippen molar-refractivity contribution in [3.63, 3.8) is 0 Å². The Morgan fingerprint density at radius 2 is 2.00 bits per heavy atom. The molecule has 0 radical (unpaired) electrons. The molecular weight excluding hydrogens is 410 g/mol. The topological polar surface area (TPSA) is 9.23 Å². The molecule has 0 fully saturated rings. The van der Waals surface area contributed by atoms with Gasteiger partial charge in [-0.2, -0.15) is 0 Å². The van der Waals surface area contributed by atoms with Crippen molar-refractivity contribution in [1.29, 1.82) is 0 Å². The Kier molecular flexibility index (Phi) is 5.47. The minimum atomic E-state index is -0.418. The van der Waals surface area contributed by atoms with Crippen molar-refractivity contribution in [3.8, 4) is 5.75 Å². The van der Waals surface area contributed by atoms with E-state index < -0.39 is 5.82 Å². The van der Waals surface area contributed by atoms with Gasteiger partial charge in [0.2, 0.25) is 0 Å². The molecule has 2 aromatic carbocycles. The lowest BCUT2D eigenvalue weighted by atomic mass is 10.0. The van der Waals surface area contributed by atoms with Crippen molar-refractivity contribution in [1.82, 2.24) is 0 Å². The highest BCUT2D eigenvalue weighted by Crippen LogP contribution is 2.40. The quantitative estimate of drug-likeness (QED) is 0.539. The Balaban J connectivity index is 2.49. The molecular formula is C15H12Br2ClFO. The third-order valence-electron chi connectivity index (χ3n) is 2.80. The van der Waals surface area contributed by atoms with E-state index in [0.717, 1.165) is 15.8 Å². The minimum Gasteiger partial charge on any atom is -0.494 e. The maximum Gasteiger partial charge on any atom is 0.146 e. The zero-order chi connectivity index (χ0) is 14.7. The van der Waals surface area contributed by atoms with Crippen LogP contribution in [0.2, 0.25) is 5.02 Å². The van der Waals surface area contributed by atoms with Gasteiger partial charge in [-0.15, -0.1) is 0 Å². The Morgan fingerprint density at radius 3 is 2.70 bits per heavy atom. The number of halogens is 4. The van der Waals surface area contributed by atoms with E-state index in [2.05, 4.69) is 31.9 Å². The highest BCUT2D eigenvalue weighted by atomic mass is 79.9. The summed E-state index contributed by atoms with van der Waals surface area (Å²) in [6, 6.07) is 10.6. The number of ether oxygens (including phenoxy) is 1. The van der Waals surface area contributed by atoms with E-state index in [9.17, 15) is 4.39 Å². The number of rotatable bonds is 4. The molecule has 1 nitrogen and oxygen atoms in total. The van der Waals surface area contributed by atoms with E-state index in [1.807, 2.05) is 25.1 Å². The maximum atomic E-state index is 14.1. The van der Waals surface area contributed by atoms with E-state index >= 15 is 0 Å². The molecule has 0 spiro atoms. The van der Waals surface area contributed by atoms with Gasteiger partial charge in [-0.05, 0) is 31.2 Å². The van der Waals surface area contributed by atoms with Crippen LogP contribution < -0.4 is 4.74 Å². The second-order valence-electron chi connectivity index (χ2n) is 4.12. The summed E-state index contributed by atoms with van der Waals surface area (Å²) < 4.78 is 20.6. The summed E-state index contributed by atoms with van der Waals surface area (Å²) in [5.74, 6) is 0.301. The lowest BCUT2D eigenvalue weighted by molar-refractivity contribution is 0.337. The van der Waals surface area contributed by atoms with E-state index in [4.69, 9.17) is 16.3 Å². The van der Waals surface area contributed by atoms with Crippen molar-refractivity contribution < 1.29 is 9.13 Å². The third kappa shape index (κ3) is 3.35. The van der Waals surface area contributed by atoms with Gasteiger partial charge in [0, 0.05) is 15.6 Å². The zero-order valence-corrected chi connectivity index (χ0v) is 14.6. The van der Waals surface area contributed by atoms with Gasteiger partial charge >= 0.3 is 0 Å². The average molecular weight is 423 g/mol. The Hall–Kier alpha value is -0.580. The second kappa shape index (κ2) is 6.92. The molecule has 1 atom stereocenters. The monoisotopic (exact) mass is 420 g/mol. The van der Waals surface area contributed by atoms with Crippen LogP contribution in [-0.2, 0) is 0 Å². The van der Waals surface area contributed by atoms with Crippen molar-refractivity contribution in [3.05, 3.63) is 62.8 Å². The van der Waals surface area contributed by atoms with Crippen LogP contribution in [0.1, 0.15) is 22.9 Å². The Morgan fingerprint density at radius 1 is 1.25 bits per heavy atom. The van der Waals surface area contributed by atoms with Gasteiger partial charge in [-0.3, -0.25) is 0 Å². The molecule has 20 heavy (non-hydrogen) atoms. The summed E-state index contributed by atoms with van der Waals surface area (Å²) in [4.78, 5) is -0.333. The molecule has 0 bridgehead atoms. The smallest absolute Gasteiger partial charge is 0.146 e. The number of hydrogen-bond acceptors (Lipinski definition) is 1. The van der Waals surface area contributed by atoms with Crippen LogP contribution in [0.5, 0.6) is 5.75 Å². The van der Waals surface area contributed by atoms with Gasteiger partial charge in [-0.1, -0.05) is 55.6 Å². The van der Waals surface area contributed by atoms with Gasteiger partial charge in [0.25, 0.3) is 0 Å². The molecule has 0 aromatic heterocycles. The average Bonchev–Trinajstić information content (AvgIpc) is 2.43. The van der Waals surface area contributed by atoms with Gasteiger partial charge in [0.1, 0.15) is 11.6 Å². The second-order valence-corrected chi connectivity index (χ2v) is 6.36. The highest BCUT2D eigenvalue weighted by molar-refractivity contribution is 9.10. The lowest BCUT2D eigenvalue weighted by Gasteiger charge is -2.17. The largest absolute Gasteiger partial charge is 0.494 e. The normalized spacial score (nSPS) is 12.2. The molecule has 106 valence electrons. The van der Waals surface area contributed by atoms with Gasteiger partial charge in [-0.25, -0.2) is 4.39 Å². The third-order valence-corrected chi connectivity index (χ3v) is 4.57. The predicted octanol–water partition coefficient (Wildman–Crippen LogP) is 6.12. The Labute approximate surface area is 139 Å². The minimum absolute atomic E-state index is 0.111. The van der Waals surface area contributed by atoms with Crippen molar-refractivity contribution in [2.75, 3.05) is 6.61 Å². The van der Waals surface area contributed by atoms with E-state index in [0.29, 0.717) is 12.2 Å². The molecule has 0 aliphatic heterocycles. The van der Waals surface area contributed by atoms with Crippen molar-refractivity contribution >= 4 is 43.5 Å². The summed E-state index contributed by atoms with van der Waals surface area (Å²) in [6.07, 6.45) is 0. The van der Waals surface area contributed by atoms with Crippen LogP contribution in [0.4, 0.5) is 4.39 Å². The summed E-state index contributed by atoms with van der Waals surface area (Å²) >= 11 is 12.8. The molecule has 2 rings (SSSR count). The molecule has 0 saturated carbocycles. The fraction of sp³-hybridized carbons (Fsp3) is 0.200. The van der Waals surface area contributed by atoms with Crippen molar-refractivity contribution in [2.24, 2.45) is 0 Å². The maximum absolute atomic E-state index is 14.1. The summed E-state index contributed by atoms with van der Waals surface area (Å²) in [5, 5.41) is 0.111. The molecule has 0 amide bonds. The van der Waals surface area contributed by atoms with Crippen LogP contribution >= 0.6 is 43.5 Å². The zero-order valence-electron chi connectivity index (χ0n) is 10.7. The molecule has 0 saturated heterocycles. The van der Waals surface area contributed by atoms with E-state index in [-0.39, 0.29) is 9.85 Å². The molecule has 0 heterocycles. The number of benzene rings is 2. The standard InChI is InChI=1S/C15H12Br2ClFO/c1-2-20-13-7-6-9(16)8-11(13)14(17)10-4-3-5-12(18)15(10)19/h3-8,14H,2H2,1H3. The highest BCUT2D eigenvalue weighted by Gasteiger charge is 2.20. The van der Waals surface area contributed by atoms with E-state index in [1.165, 1.54) is 6.07 Å². The van der Waals surface area contributed by atoms with Crippen LogP contribution in [-0.4, -0.2) is 6.61 Å². The number of alkyl halides is 1. The van der Waals surface area contributed by atoms with Crippen LogP contribution in [0.25, 0.3) is 0 Å². The summed E-state index contributed by atoms with van der Waals surface area (Å²) in [6.45, 7) is 2.46. The molecule has 2 aromatic rings. The van der Waals surface area contributed by atoms with E-state index in [1.54, 1.807) is 12.1 Å². The first-order valence-corrected chi connectivity index (χ1v) is 8.13.